The van der Waals surface area contributed by atoms with Gasteiger partial charge in [-0.2, -0.15) is 0 Å². The molecule has 0 aliphatic heterocycles. The van der Waals surface area contributed by atoms with Crippen molar-refractivity contribution < 1.29 is 13.6 Å². The number of nitrogens with two attached hydrogens (primary N) is 1. The fourth-order valence-corrected chi connectivity index (χ4v) is 1.50. The second kappa shape index (κ2) is 6.44. The maximum Gasteiger partial charge on any atom is 0.237 e. The molecule has 0 aliphatic carbocycles. The van der Waals surface area contributed by atoms with E-state index in [0.717, 1.165) is 0 Å². The number of nitrogens with one attached hydrogen (secondary N) is 1. The summed E-state index contributed by atoms with van der Waals surface area (Å²) in [5, 5.41) is 2.57. The van der Waals surface area contributed by atoms with Gasteiger partial charge in [-0.1, -0.05) is 19.9 Å². The first kappa shape index (κ1) is 14.6. The lowest BCUT2D eigenvalue weighted by Crippen LogP contribution is -2.44. The molecule has 0 saturated carbocycles. The summed E-state index contributed by atoms with van der Waals surface area (Å²) in [6.45, 7) is 3.83. The van der Waals surface area contributed by atoms with Gasteiger partial charge in [0.05, 0.1) is 6.04 Å². The van der Waals surface area contributed by atoms with Crippen molar-refractivity contribution in [1.82, 2.24) is 5.32 Å². The van der Waals surface area contributed by atoms with Crippen LogP contribution in [0.4, 0.5) is 8.78 Å². The molecule has 0 spiro atoms. The van der Waals surface area contributed by atoms with Crippen molar-refractivity contribution >= 4 is 5.91 Å². The highest BCUT2D eigenvalue weighted by molar-refractivity contribution is 5.81. The lowest BCUT2D eigenvalue weighted by Gasteiger charge is -2.15. The Kier molecular flexibility index (Phi) is 5.22. The van der Waals surface area contributed by atoms with Gasteiger partial charge in [-0.25, -0.2) is 8.78 Å². The summed E-state index contributed by atoms with van der Waals surface area (Å²) in [6, 6.07) is 3.09. The second-order valence-corrected chi connectivity index (χ2v) is 4.51. The van der Waals surface area contributed by atoms with Crippen molar-refractivity contribution in [2.75, 3.05) is 6.54 Å². The van der Waals surface area contributed by atoms with Crippen LogP contribution < -0.4 is 11.1 Å². The lowest BCUT2D eigenvalue weighted by molar-refractivity contribution is -0.123. The van der Waals surface area contributed by atoms with E-state index in [0.29, 0.717) is 0 Å². The van der Waals surface area contributed by atoms with Crippen molar-refractivity contribution in [2.45, 2.75) is 26.3 Å². The van der Waals surface area contributed by atoms with Crippen molar-refractivity contribution in [3.05, 3.63) is 35.4 Å². The number of halogens is 2. The van der Waals surface area contributed by atoms with E-state index in [2.05, 4.69) is 5.32 Å². The quantitative estimate of drug-likeness (QED) is 0.841. The molecule has 1 rings (SSSR count). The molecule has 1 atom stereocenters. The molecule has 0 saturated heterocycles. The predicted octanol–water partition coefficient (Wildman–Crippen LogP) is 1.61. The molecule has 0 heterocycles. The van der Waals surface area contributed by atoms with Gasteiger partial charge in [-0.15, -0.1) is 0 Å². The molecular formula is C13H18F2N2O. The maximum absolute atomic E-state index is 13.3. The summed E-state index contributed by atoms with van der Waals surface area (Å²) in [7, 11) is 0. The Balaban J connectivity index is 2.50. The third-order valence-corrected chi connectivity index (χ3v) is 2.76. The van der Waals surface area contributed by atoms with Gasteiger partial charge in [0.15, 0.2) is 0 Å². The molecule has 1 aromatic carbocycles. The van der Waals surface area contributed by atoms with Crippen LogP contribution in [0.15, 0.2) is 18.2 Å². The Hall–Kier alpha value is -1.49. The molecule has 0 unspecified atom stereocenters. The minimum absolute atomic E-state index is 0.0177. The number of hydrogen-bond acceptors (Lipinski definition) is 2. The lowest BCUT2D eigenvalue weighted by atomic mass is 10.0. The van der Waals surface area contributed by atoms with E-state index >= 15 is 0 Å². The second-order valence-electron chi connectivity index (χ2n) is 4.51. The number of amides is 1. The fraction of sp³-hybridized carbons (Fsp3) is 0.462. The highest BCUT2D eigenvalue weighted by Crippen LogP contribution is 2.12. The molecule has 1 amide bonds. The van der Waals surface area contributed by atoms with E-state index in [-0.39, 0.29) is 30.4 Å². The number of benzene rings is 1. The highest BCUT2D eigenvalue weighted by Gasteiger charge is 2.16. The predicted molar refractivity (Wildman–Crippen MR) is 65.9 cm³/mol. The Morgan fingerprint density at radius 1 is 1.33 bits per heavy atom. The van der Waals surface area contributed by atoms with Gasteiger partial charge in [-0.3, -0.25) is 4.79 Å². The zero-order valence-electron chi connectivity index (χ0n) is 10.5. The Bertz CT molecular complexity index is 401. The van der Waals surface area contributed by atoms with Crippen LogP contribution in [0.2, 0.25) is 0 Å². The number of carbonyl (C=O) groups excluding carboxylic acids is 1. The molecule has 0 bridgehead atoms. The van der Waals surface area contributed by atoms with Crippen molar-refractivity contribution in [3.63, 3.8) is 0 Å². The molecule has 18 heavy (non-hydrogen) atoms. The molecule has 0 radical (unpaired) electrons. The minimum atomic E-state index is -0.601. The van der Waals surface area contributed by atoms with Crippen LogP contribution in [0.25, 0.3) is 0 Å². The van der Waals surface area contributed by atoms with Crippen LogP contribution in [0.3, 0.4) is 0 Å². The summed E-state index contributed by atoms with van der Waals surface area (Å²) in [5.74, 6) is -1.48. The highest BCUT2D eigenvalue weighted by atomic mass is 19.1. The molecule has 1 aromatic rings. The summed E-state index contributed by atoms with van der Waals surface area (Å²) in [4.78, 5) is 11.5. The van der Waals surface area contributed by atoms with E-state index < -0.39 is 17.7 Å². The van der Waals surface area contributed by atoms with E-state index in [1.807, 2.05) is 13.8 Å². The van der Waals surface area contributed by atoms with Crippen molar-refractivity contribution in [2.24, 2.45) is 11.7 Å². The van der Waals surface area contributed by atoms with Gasteiger partial charge in [0.2, 0.25) is 5.91 Å². The fourth-order valence-electron chi connectivity index (χ4n) is 1.50. The van der Waals surface area contributed by atoms with Crippen molar-refractivity contribution in [3.8, 4) is 0 Å². The van der Waals surface area contributed by atoms with Crippen molar-refractivity contribution in [1.29, 1.82) is 0 Å². The monoisotopic (exact) mass is 256 g/mol. The van der Waals surface area contributed by atoms with E-state index in [9.17, 15) is 13.6 Å². The number of carbonyl (C=O) groups is 1. The van der Waals surface area contributed by atoms with E-state index in [1.165, 1.54) is 18.2 Å². The van der Waals surface area contributed by atoms with E-state index in [1.54, 1.807) is 0 Å². The third kappa shape index (κ3) is 3.77. The average molecular weight is 256 g/mol. The summed E-state index contributed by atoms with van der Waals surface area (Å²) in [6.07, 6.45) is 0.106. The first-order valence-electron chi connectivity index (χ1n) is 5.89. The van der Waals surface area contributed by atoms with Gasteiger partial charge < -0.3 is 11.1 Å². The molecule has 0 aliphatic rings. The molecular weight excluding hydrogens is 238 g/mol. The summed E-state index contributed by atoms with van der Waals surface area (Å²) < 4.78 is 26.6. The van der Waals surface area contributed by atoms with Gasteiger partial charge in [0.1, 0.15) is 11.6 Å². The van der Waals surface area contributed by atoms with E-state index in [4.69, 9.17) is 5.73 Å². The van der Waals surface area contributed by atoms with Gasteiger partial charge >= 0.3 is 0 Å². The van der Waals surface area contributed by atoms with Gasteiger partial charge in [-0.05, 0) is 24.5 Å². The average Bonchev–Trinajstić information content (AvgIpc) is 2.31. The SMILES string of the molecule is CC(C)[C@H](N)C(=O)NCCc1c(F)cccc1F. The standard InChI is InChI=1S/C13H18F2N2O/c1-8(2)12(16)13(18)17-7-6-9-10(14)4-3-5-11(9)15/h3-5,8,12H,6-7,16H2,1-2H3,(H,17,18)/t12-/m0/s1. The summed E-state index contributed by atoms with van der Waals surface area (Å²) in [5.41, 5.74) is 5.62. The number of rotatable bonds is 5. The largest absolute Gasteiger partial charge is 0.354 e. The molecule has 100 valence electrons. The smallest absolute Gasteiger partial charge is 0.237 e. The first-order valence-corrected chi connectivity index (χ1v) is 5.89. The zero-order chi connectivity index (χ0) is 13.7. The molecule has 3 N–H and O–H groups in total. The van der Waals surface area contributed by atoms with Crippen LogP contribution in [-0.4, -0.2) is 18.5 Å². The van der Waals surface area contributed by atoms with Crippen LogP contribution in [0, 0.1) is 17.6 Å². The Morgan fingerprint density at radius 3 is 2.39 bits per heavy atom. The molecule has 0 aromatic heterocycles. The van der Waals surface area contributed by atoms with Crippen LogP contribution in [0.1, 0.15) is 19.4 Å². The third-order valence-electron chi connectivity index (χ3n) is 2.76. The number of hydrogen-bond donors (Lipinski definition) is 2. The van der Waals surface area contributed by atoms with Crippen LogP contribution >= 0.6 is 0 Å². The topological polar surface area (TPSA) is 55.1 Å². The van der Waals surface area contributed by atoms with Crippen LogP contribution in [-0.2, 0) is 11.2 Å². The Morgan fingerprint density at radius 2 is 1.89 bits per heavy atom. The normalized spacial score (nSPS) is 12.6. The zero-order valence-corrected chi connectivity index (χ0v) is 10.5. The molecule has 0 fully saturated rings. The molecule has 3 nitrogen and oxygen atoms in total. The van der Waals surface area contributed by atoms with Crippen LogP contribution in [0.5, 0.6) is 0 Å². The minimum Gasteiger partial charge on any atom is -0.354 e. The first-order chi connectivity index (χ1) is 8.43. The van der Waals surface area contributed by atoms with Gasteiger partial charge in [0, 0.05) is 12.1 Å². The molecule has 5 heteroatoms. The summed E-state index contributed by atoms with van der Waals surface area (Å²) >= 11 is 0. The maximum atomic E-state index is 13.3. The van der Waals surface area contributed by atoms with Gasteiger partial charge in [0.25, 0.3) is 0 Å². The Labute approximate surface area is 105 Å².